The predicted octanol–water partition coefficient (Wildman–Crippen LogP) is 4.43. The Labute approximate surface area is 233 Å². The topological polar surface area (TPSA) is 115 Å². The zero-order chi connectivity index (χ0) is 29.4. The number of nitrogens with zero attached hydrogens (tertiary/aromatic N) is 7. The Kier molecular flexibility index (Phi) is 7.44. The fourth-order valence-corrected chi connectivity index (χ4v) is 5.15. The number of Topliss-reactive ketones (excluding diaryl/α,β-unsaturated/α-hetero) is 1. The van der Waals surface area contributed by atoms with Crippen molar-refractivity contribution in [2.24, 2.45) is 0 Å². The van der Waals surface area contributed by atoms with Crippen molar-refractivity contribution < 1.29 is 26.4 Å². The molecule has 0 aliphatic carbocycles. The quantitative estimate of drug-likeness (QED) is 0.252. The van der Waals surface area contributed by atoms with Crippen LogP contribution in [0.2, 0.25) is 0 Å². The summed E-state index contributed by atoms with van der Waals surface area (Å²) in [5.74, 6) is 0.000264. The maximum Gasteiger partial charge on any atom is 0.389 e. The minimum Gasteiger partial charge on any atom is -0.300 e. The monoisotopic (exact) mass is 583 g/mol. The first kappa shape index (κ1) is 28.1. The zero-order valence-electron chi connectivity index (χ0n) is 21.9. The van der Waals surface area contributed by atoms with Crippen molar-refractivity contribution in [1.29, 1.82) is 0 Å². The van der Waals surface area contributed by atoms with Gasteiger partial charge in [0.15, 0.2) is 11.6 Å². The lowest BCUT2D eigenvalue weighted by molar-refractivity contribution is -0.143. The van der Waals surface area contributed by atoms with E-state index in [1.54, 1.807) is 48.8 Å². The average molecular weight is 584 g/mol. The van der Waals surface area contributed by atoms with Gasteiger partial charge in [-0.3, -0.25) is 9.20 Å². The maximum absolute atomic E-state index is 12.7. The Bertz CT molecular complexity index is 1850. The van der Waals surface area contributed by atoms with Crippen molar-refractivity contribution in [3.05, 3.63) is 79.0 Å². The Balaban J connectivity index is 1.41. The van der Waals surface area contributed by atoms with E-state index in [0.717, 1.165) is 19.5 Å². The summed E-state index contributed by atoms with van der Waals surface area (Å²) in [6.45, 7) is 0. The number of imidazole rings is 2. The van der Waals surface area contributed by atoms with Gasteiger partial charge < -0.3 is 0 Å². The number of fused-ring (bicyclic) bond motifs is 1. The van der Waals surface area contributed by atoms with Crippen LogP contribution in [0.15, 0.2) is 73.4 Å². The molecule has 0 unspecified atom stereocenters. The van der Waals surface area contributed by atoms with Crippen molar-refractivity contribution in [3.8, 4) is 34.2 Å². The lowest BCUT2D eigenvalue weighted by atomic mass is 10.0. The molecule has 0 spiro atoms. The number of alkyl halides is 3. The molecule has 14 heteroatoms. The van der Waals surface area contributed by atoms with Crippen LogP contribution >= 0.6 is 0 Å². The number of hydrogen-bond acceptors (Lipinski definition) is 7. The molecule has 10 nitrogen and oxygen atoms in total. The SMILES string of the molecule is CN(C)S(=O)(=O)n1ccnc1-c1ccnc(-c2ccn3c(-c4cccc(CC(=O)CCC(F)(F)F)c4)cnc3c2)n1. The number of halogens is 3. The van der Waals surface area contributed by atoms with Crippen LogP contribution in [0, 0.1) is 0 Å². The number of rotatable bonds is 9. The Morgan fingerprint density at radius 3 is 2.54 bits per heavy atom. The Morgan fingerprint density at radius 2 is 1.78 bits per heavy atom. The van der Waals surface area contributed by atoms with E-state index in [4.69, 9.17) is 0 Å². The van der Waals surface area contributed by atoms with E-state index in [2.05, 4.69) is 19.9 Å². The van der Waals surface area contributed by atoms with Crippen molar-refractivity contribution in [2.45, 2.75) is 25.4 Å². The number of pyridine rings is 1. The summed E-state index contributed by atoms with van der Waals surface area (Å²) < 4.78 is 66.7. The normalized spacial score (nSPS) is 12.3. The predicted molar refractivity (Wildman–Crippen MR) is 145 cm³/mol. The molecule has 0 atom stereocenters. The summed E-state index contributed by atoms with van der Waals surface area (Å²) in [6.07, 6.45) is 1.53. The second kappa shape index (κ2) is 10.9. The molecule has 0 N–H and O–H groups in total. The number of carbonyl (C=O) groups excluding carboxylic acids is 1. The third kappa shape index (κ3) is 6.02. The number of hydrogen-bond donors (Lipinski definition) is 0. The van der Waals surface area contributed by atoms with Gasteiger partial charge in [-0.05, 0) is 29.8 Å². The smallest absolute Gasteiger partial charge is 0.300 e. The molecule has 4 aromatic heterocycles. The molecule has 4 heterocycles. The lowest BCUT2D eigenvalue weighted by Gasteiger charge is -2.14. The number of benzene rings is 1. The van der Waals surface area contributed by atoms with Crippen LogP contribution in [0.25, 0.3) is 39.8 Å². The first-order chi connectivity index (χ1) is 19.4. The van der Waals surface area contributed by atoms with Gasteiger partial charge in [-0.2, -0.15) is 25.9 Å². The van der Waals surface area contributed by atoms with Crippen molar-refractivity contribution in [3.63, 3.8) is 0 Å². The Morgan fingerprint density at radius 1 is 0.976 bits per heavy atom. The highest BCUT2D eigenvalue weighted by molar-refractivity contribution is 7.87. The van der Waals surface area contributed by atoms with Gasteiger partial charge in [0.1, 0.15) is 17.1 Å². The second-order valence-electron chi connectivity index (χ2n) is 9.42. The summed E-state index contributed by atoms with van der Waals surface area (Å²) in [6, 6.07) is 12.2. The number of carbonyl (C=O) groups is 1. The van der Waals surface area contributed by atoms with Crippen LogP contribution in [-0.2, 0) is 21.4 Å². The molecule has 0 saturated carbocycles. The molecule has 0 saturated heterocycles. The van der Waals surface area contributed by atoms with Gasteiger partial charge in [0.25, 0.3) is 0 Å². The van der Waals surface area contributed by atoms with E-state index in [1.165, 1.54) is 32.7 Å². The molecule has 0 radical (unpaired) electrons. The largest absolute Gasteiger partial charge is 0.389 e. The van der Waals surface area contributed by atoms with Crippen molar-refractivity contribution >= 4 is 21.6 Å². The van der Waals surface area contributed by atoms with E-state index in [0.29, 0.717) is 28.3 Å². The summed E-state index contributed by atoms with van der Waals surface area (Å²) in [4.78, 5) is 29.6. The van der Waals surface area contributed by atoms with Crippen molar-refractivity contribution in [1.82, 2.24) is 32.6 Å². The van der Waals surface area contributed by atoms with Gasteiger partial charge in [-0.1, -0.05) is 18.2 Å². The molecular weight excluding hydrogens is 559 g/mol. The van der Waals surface area contributed by atoms with E-state index in [-0.39, 0.29) is 12.2 Å². The minimum atomic E-state index is -4.37. The lowest BCUT2D eigenvalue weighted by Crippen LogP contribution is -2.29. The minimum absolute atomic E-state index is 0.0907. The molecule has 0 fully saturated rings. The highest BCUT2D eigenvalue weighted by Crippen LogP contribution is 2.27. The first-order valence-corrected chi connectivity index (χ1v) is 13.8. The summed E-state index contributed by atoms with van der Waals surface area (Å²) >= 11 is 0. The first-order valence-electron chi connectivity index (χ1n) is 12.4. The van der Waals surface area contributed by atoms with Gasteiger partial charge >= 0.3 is 16.4 Å². The van der Waals surface area contributed by atoms with Gasteiger partial charge in [0.2, 0.25) is 0 Å². The third-order valence-corrected chi connectivity index (χ3v) is 8.00. The van der Waals surface area contributed by atoms with Crippen LogP contribution in [0.5, 0.6) is 0 Å². The van der Waals surface area contributed by atoms with Gasteiger partial charge in [-0.25, -0.2) is 23.9 Å². The summed E-state index contributed by atoms with van der Waals surface area (Å²) in [5, 5.41) is 0. The fourth-order valence-electron chi connectivity index (χ4n) is 4.23. The zero-order valence-corrected chi connectivity index (χ0v) is 22.8. The molecule has 41 heavy (non-hydrogen) atoms. The fraction of sp³-hybridized carbons (Fsp3) is 0.222. The Hall–Kier alpha value is -4.43. The van der Waals surface area contributed by atoms with Gasteiger partial charge in [0, 0.05) is 62.9 Å². The molecule has 5 aromatic rings. The number of ketones is 1. The van der Waals surface area contributed by atoms with E-state index in [9.17, 15) is 26.4 Å². The standard InChI is InChI=1S/C27H24F3N7O3S/c1-35(2)41(39,40)37-13-11-32-26(37)22-7-10-31-25(34-22)20-8-12-36-23(17-33-24(36)16-20)19-5-3-4-18(14-19)15-21(38)6-9-27(28,29)30/h3-5,7-8,10-14,16-17H,6,9,15H2,1-2H3. The van der Waals surface area contributed by atoms with Crippen molar-refractivity contribution in [2.75, 3.05) is 14.1 Å². The third-order valence-electron chi connectivity index (χ3n) is 6.29. The highest BCUT2D eigenvalue weighted by atomic mass is 32.2. The maximum atomic E-state index is 12.7. The van der Waals surface area contributed by atoms with E-state index < -0.39 is 35.0 Å². The van der Waals surface area contributed by atoms with Crippen LogP contribution in [-0.4, -0.2) is 67.1 Å². The summed E-state index contributed by atoms with van der Waals surface area (Å²) in [5.41, 5.74) is 3.61. The van der Waals surface area contributed by atoms with E-state index in [1.807, 2.05) is 10.5 Å². The second-order valence-corrected chi connectivity index (χ2v) is 11.4. The van der Waals surface area contributed by atoms with Crippen LogP contribution in [0.3, 0.4) is 0 Å². The van der Waals surface area contributed by atoms with Crippen LogP contribution < -0.4 is 0 Å². The van der Waals surface area contributed by atoms with Crippen LogP contribution in [0.1, 0.15) is 18.4 Å². The average Bonchev–Trinajstić information content (AvgIpc) is 3.59. The van der Waals surface area contributed by atoms with Crippen LogP contribution in [0.4, 0.5) is 13.2 Å². The molecule has 0 aliphatic heterocycles. The number of aromatic nitrogens is 6. The summed E-state index contributed by atoms with van der Waals surface area (Å²) in [7, 11) is -0.964. The van der Waals surface area contributed by atoms with Gasteiger partial charge in [0.05, 0.1) is 18.3 Å². The molecule has 0 bridgehead atoms. The molecule has 5 rings (SSSR count). The van der Waals surface area contributed by atoms with E-state index >= 15 is 0 Å². The molecule has 0 aliphatic rings. The molecular formula is C27H24F3N7O3S. The highest BCUT2D eigenvalue weighted by Gasteiger charge is 2.28. The molecule has 1 aromatic carbocycles. The van der Waals surface area contributed by atoms with Gasteiger partial charge in [-0.15, -0.1) is 0 Å². The molecule has 0 amide bonds. The molecule has 212 valence electrons.